The van der Waals surface area contributed by atoms with E-state index in [1.807, 2.05) is 13.8 Å². The second-order valence-corrected chi connectivity index (χ2v) is 5.84. The molecule has 0 aliphatic carbocycles. The predicted molar refractivity (Wildman–Crippen MR) is 80.9 cm³/mol. The zero-order valence-corrected chi connectivity index (χ0v) is 12.8. The van der Waals surface area contributed by atoms with Crippen LogP contribution < -0.4 is 5.32 Å². The van der Waals surface area contributed by atoms with E-state index in [0.717, 1.165) is 0 Å². The summed E-state index contributed by atoms with van der Waals surface area (Å²) in [7, 11) is 0. The van der Waals surface area contributed by atoms with Crippen LogP contribution in [0.2, 0.25) is 0 Å². The normalized spacial score (nSPS) is 12.4. The van der Waals surface area contributed by atoms with Gasteiger partial charge in [0.15, 0.2) is 0 Å². The first-order valence-corrected chi connectivity index (χ1v) is 7.64. The topological polar surface area (TPSA) is 88.0 Å². The molecule has 0 aliphatic heterocycles. The molecule has 6 nitrogen and oxygen atoms in total. The van der Waals surface area contributed by atoms with Gasteiger partial charge in [0.05, 0.1) is 12.3 Å². The van der Waals surface area contributed by atoms with Gasteiger partial charge < -0.3 is 10.4 Å². The molecular formula is C14H18N4O2S. The smallest absolute Gasteiger partial charge is 0.270 e. The van der Waals surface area contributed by atoms with Crippen LogP contribution in [-0.2, 0) is 0 Å². The fraction of sp³-hybridized carbons (Fsp3) is 0.429. The number of aromatic nitrogens is 3. The molecule has 0 bridgehead atoms. The van der Waals surface area contributed by atoms with Gasteiger partial charge in [-0.05, 0) is 12.3 Å². The van der Waals surface area contributed by atoms with Gasteiger partial charge in [-0.15, -0.1) is 11.3 Å². The highest BCUT2D eigenvalue weighted by Gasteiger charge is 2.14. The lowest BCUT2D eigenvalue weighted by molar-refractivity contribution is 0.0916. The maximum Gasteiger partial charge on any atom is 0.270 e. The highest BCUT2D eigenvalue weighted by Crippen LogP contribution is 2.20. The van der Waals surface area contributed by atoms with Gasteiger partial charge in [0, 0.05) is 24.3 Å². The number of amides is 1. The molecule has 0 aromatic carbocycles. The highest BCUT2D eigenvalue weighted by molar-refractivity contribution is 7.13. The largest absolute Gasteiger partial charge is 0.393 e. The summed E-state index contributed by atoms with van der Waals surface area (Å²) in [6.07, 6.45) is 4.91. The van der Waals surface area contributed by atoms with Crippen molar-refractivity contribution in [1.82, 2.24) is 20.3 Å². The summed E-state index contributed by atoms with van der Waals surface area (Å²) >= 11 is 1.35. The minimum Gasteiger partial charge on any atom is -0.393 e. The Balaban J connectivity index is 1.91. The van der Waals surface area contributed by atoms with E-state index >= 15 is 0 Å². The second kappa shape index (κ2) is 7.24. The van der Waals surface area contributed by atoms with E-state index < -0.39 is 6.10 Å². The molecule has 2 N–H and O–H groups in total. The third kappa shape index (κ3) is 4.30. The van der Waals surface area contributed by atoms with Gasteiger partial charge >= 0.3 is 0 Å². The second-order valence-electron chi connectivity index (χ2n) is 4.98. The average Bonchev–Trinajstić information content (AvgIpc) is 2.97. The molecule has 0 saturated heterocycles. The molecule has 2 aromatic heterocycles. The van der Waals surface area contributed by atoms with Crippen molar-refractivity contribution in [2.45, 2.75) is 26.4 Å². The van der Waals surface area contributed by atoms with Gasteiger partial charge in [-0.3, -0.25) is 14.8 Å². The van der Waals surface area contributed by atoms with Gasteiger partial charge in [0.1, 0.15) is 16.4 Å². The summed E-state index contributed by atoms with van der Waals surface area (Å²) < 4.78 is 0. The summed E-state index contributed by atoms with van der Waals surface area (Å²) in [5.41, 5.74) is 1.01. The summed E-state index contributed by atoms with van der Waals surface area (Å²) in [6, 6.07) is 0. The standard InChI is InChI=1S/C14H18N4O2S/c1-9(2)12(19)3-4-17-13(20)11-8-21-14(18-11)10-7-15-5-6-16-10/h5-9,12,19H,3-4H2,1-2H3,(H,17,20). The van der Waals surface area contributed by atoms with E-state index in [2.05, 4.69) is 20.3 Å². The van der Waals surface area contributed by atoms with E-state index in [1.54, 1.807) is 24.0 Å². The molecule has 2 heterocycles. The van der Waals surface area contributed by atoms with Crippen molar-refractivity contribution in [2.75, 3.05) is 6.54 Å². The highest BCUT2D eigenvalue weighted by atomic mass is 32.1. The summed E-state index contributed by atoms with van der Waals surface area (Å²) in [5.74, 6) is -0.0539. The molecule has 0 aliphatic rings. The molecule has 1 amide bonds. The molecule has 21 heavy (non-hydrogen) atoms. The first kappa shape index (κ1) is 15.5. The molecular weight excluding hydrogens is 288 g/mol. The van der Waals surface area contributed by atoms with Crippen molar-refractivity contribution < 1.29 is 9.90 Å². The van der Waals surface area contributed by atoms with E-state index in [-0.39, 0.29) is 11.8 Å². The maximum atomic E-state index is 12.0. The number of rotatable bonds is 6. The molecule has 7 heteroatoms. The molecule has 2 rings (SSSR count). The van der Waals surface area contributed by atoms with Gasteiger partial charge in [-0.1, -0.05) is 13.8 Å². The Morgan fingerprint density at radius 2 is 2.24 bits per heavy atom. The molecule has 0 saturated carbocycles. The van der Waals surface area contributed by atoms with E-state index in [9.17, 15) is 9.90 Å². The molecule has 1 atom stereocenters. The van der Waals surface area contributed by atoms with Crippen LogP contribution in [0.3, 0.4) is 0 Å². The van der Waals surface area contributed by atoms with Crippen LogP contribution in [0.5, 0.6) is 0 Å². The van der Waals surface area contributed by atoms with Crippen molar-refractivity contribution in [2.24, 2.45) is 5.92 Å². The zero-order chi connectivity index (χ0) is 15.2. The summed E-state index contributed by atoms with van der Waals surface area (Å²) in [5, 5.41) is 14.8. The Kier molecular flexibility index (Phi) is 5.35. The molecule has 0 radical (unpaired) electrons. The lowest BCUT2D eigenvalue weighted by Crippen LogP contribution is -2.28. The van der Waals surface area contributed by atoms with Crippen molar-refractivity contribution in [3.8, 4) is 10.7 Å². The number of thiazole rings is 1. The van der Waals surface area contributed by atoms with Crippen molar-refractivity contribution in [3.05, 3.63) is 29.7 Å². The number of hydrogen-bond acceptors (Lipinski definition) is 6. The van der Waals surface area contributed by atoms with Crippen molar-refractivity contribution >= 4 is 17.2 Å². The van der Waals surface area contributed by atoms with Gasteiger partial charge in [-0.25, -0.2) is 4.98 Å². The third-order valence-electron chi connectivity index (χ3n) is 3.01. The maximum absolute atomic E-state index is 12.0. The van der Waals surface area contributed by atoms with Crippen molar-refractivity contribution in [3.63, 3.8) is 0 Å². The van der Waals surface area contributed by atoms with Gasteiger partial charge in [0.25, 0.3) is 5.91 Å². The zero-order valence-electron chi connectivity index (χ0n) is 12.0. The van der Waals surface area contributed by atoms with Crippen LogP contribution >= 0.6 is 11.3 Å². The van der Waals surface area contributed by atoms with Crippen LogP contribution in [0.15, 0.2) is 24.0 Å². The monoisotopic (exact) mass is 306 g/mol. The minimum atomic E-state index is -0.407. The molecule has 1 unspecified atom stereocenters. The third-order valence-corrected chi connectivity index (χ3v) is 3.88. The Bertz CT molecular complexity index is 586. The quantitative estimate of drug-likeness (QED) is 0.848. The number of aliphatic hydroxyl groups is 1. The Morgan fingerprint density at radius 3 is 2.90 bits per heavy atom. The fourth-order valence-electron chi connectivity index (χ4n) is 1.66. The van der Waals surface area contributed by atoms with Crippen LogP contribution in [0.25, 0.3) is 10.7 Å². The predicted octanol–water partition coefficient (Wildman–Crippen LogP) is 1.74. The van der Waals surface area contributed by atoms with Crippen LogP contribution in [-0.4, -0.2) is 38.6 Å². The van der Waals surface area contributed by atoms with E-state index in [0.29, 0.717) is 29.4 Å². The Labute approximate surface area is 127 Å². The van der Waals surface area contributed by atoms with Crippen LogP contribution in [0.4, 0.5) is 0 Å². The average molecular weight is 306 g/mol. The number of carbonyl (C=O) groups is 1. The molecule has 112 valence electrons. The van der Waals surface area contributed by atoms with Crippen LogP contribution in [0.1, 0.15) is 30.8 Å². The number of carbonyl (C=O) groups excluding carboxylic acids is 1. The Morgan fingerprint density at radius 1 is 1.43 bits per heavy atom. The number of aliphatic hydroxyl groups excluding tert-OH is 1. The van der Waals surface area contributed by atoms with Gasteiger partial charge in [0.2, 0.25) is 0 Å². The van der Waals surface area contributed by atoms with Crippen molar-refractivity contribution in [1.29, 1.82) is 0 Å². The SMILES string of the molecule is CC(C)C(O)CCNC(=O)c1csc(-c2cnccn2)n1. The number of nitrogens with one attached hydrogen (secondary N) is 1. The first-order valence-electron chi connectivity index (χ1n) is 6.76. The number of nitrogens with zero attached hydrogens (tertiary/aromatic N) is 3. The molecule has 2 aromatic rings. The van der Waals surface area contributed by atoms with Gasteiger partial charge in [-0.2, -0.15) is 0 Å². The first-order chi connectivity index (χ1) is 10.1. The van der Waals surface area contributed by atoms with E-state index in [4.69, 9.17) is 0 Å². The van der Waals surface area contributed by atoms with E-state index in [1.165, 1.54) is 11.3 Å². The summed E-state index contributed by atoms with van der Waals surface area (Å²) in [4.78, 5) is 24.3. The fourth-order valence-corrected chi connectivity index (χ4v) is 2.42. The molecule has 0 spiro atoms. The minimum absolute atomic E-state index is 0.185. The number of hydrogen-bond donors (Lipinski definition) is 2. The lowest BCUT2D eigenvalue weighted by Gasteiger charge is -2.13. The lowest BCUT2D eigenvalue weighted by atomic mass is 10.0. The Hall–Kier alpha value is -1.86. The summed E-state index contributed by atoms with van der Waals surface area (Å²) in [6.45, 7) is 4.32. The van der Waals surface area contributed by atoms with Crippen LogP contribution in [0, 0.1) is 5.92 Å². The molecule has 0 fully saturated rings.